The number of halogens is 1. The first kappa shape index (κ1) is 17.5. The van der Waals surface area contributed by atoms with E-state index in [1.807, 2.05) is 4.90 Å². The van der Waals surface area contributed by atoms with Gasteiger partial charge in [0.25, 0.3) is 0 Å². The van der Waals surface area contributed by atoms with Gasteiger partial charge in [-0.1, -0.05) is 6.58 Å². The molecule has 0 saturated carbocycles. The fourth-order valence-corrected chi connectivity index (χ4v) is 3.50. The van der Waals surface area contributed by atoms with E-state index in [1.165, 1.54) is 18.2 Å². The summed E-state index contributed by atoms with van der Waals surface area (Å²) in [6.07, 6.45) is 3.61. The van der Waals surface area contributed by atoms with Crippen molar-refractivity contribution in [2.45, 2.75) is 25.4 Å². The monoisotopic (exact) mass is 346 g/mol. The summed E-state index contributed by atoms with van der Waals surface area (Å²) in [4.78, 5) is 28.0. The Morgan fingerprint density at radius 1 is 1.12 bits per heavy atom. The molecule has 0 bridgehead atoms. The van der Waals surface area contributed by atoms with Gasteiger partial charge in [-0.2, -0.15) is 0 Å². The van der Waals surface area contributed by atoms with Gasteiger partial charge in [0.1, 0.15) is 17.7 Å². The first-order valence-corrected chi connectivity index (χ1v) is 8.69. The van der Waals surface area contributed by atoms with Crippen LogP contribution in [0.4, 0.5) is 4.39 Å². The topological polar surface area (TPSA) is 49.9 Å². The van der Waals surface area contributed by atoms with Crippen molar-refractivity contribution in [1.82, 2.24) is 9.80 Å². The van der Waals surface area contributed by atoms with Gasteiger partial charge in [0, 0.05) is 26.1 Å². The van der Waals surface area contributed by atoms with Gasteiger partial charge in [0.2, 0.25) is 11.8 Å². The van der Waals surface area contributed by atoms with E-state index in [4.69, 9.17) is 4.74 Å². The third-order valence-corrected chi connectivity index (χ3v) is 4.83. The summed E-state index contributed by atoms with van der Waals surface area (Å²) in [5, 5.41) is 0. The van der Waals surface area contributed by atoms with Gasteiger partial charge >= 0.3 is 0 Å². The molecule has 3 rings (SSSR count). The molecule has 2 atom stereocenters. The molecule has 5 nitrogen and oxygen atoms in total. The van der Waals surface area contributed by atoms with E-state index in [2.05, 4.69) is 6.58 Å². The van der Waals surface area contributed by atoms with Crippen LogP contribution >= 0.6 is 0 Å². The fraction of sp³-hybridized carbons (Fsp3) is 0.474. The van der Waals surface area contributed by atoms with Crippen molar-refractivity contribution in [2.75, 3.05) is 26.2 Å². The molecular formula is C19H23FN2O3. The Balaban J connectivity index is 1.54. The van der Waals surface area contributed by atoms with Gasteiger partial charge in [-0.25, -0.2) is 4.39 Å². The molecule has 2 aliphatic heterocycles. The van der Waals surface area contributed by atoms with Crippen molar-refractivity contribution in [3.63, 3.8) is 0 Å². The Kier molecular flexibility index (Phi) is 5.36. The number of nitrogens with zero attached hydrogens (tertiary/aromatic N) is 2. The van der Waals surface area contributed by atoms with Crippen LogP contribution in [0.2, 0.25) is 0 Å². The minimum Gasteiger partial charge on any atom is -0.489 e. The van der Waals surface area contributed by atoms with Crippen molar-refractivity contribution in [1.29, 1.82) is 0 Å². The predicted octanol–water partition coefficient (Wildman–Crippen LogP) is 2.23. The molecule has 2 amide bonds. The third-order valence-electron chi connectivity index (χ3n) is 4.83. The molecule has 2 saturated heterocycles. The van der Waals surface area contributed by atoms with Crippen molar-refractivity contribution in [3.05, 3.63) is 42.7 Å². The maximum atomic E-state index is 12.9. The van der Waals surface area contributed by atoms with Crippen LogP contribution in [0.5, 0.6) is 5.75 Å². The second-order valence-corrected chi connectivity index (χ2v) is 6.59. The van der Waals surface area contributed by atoms with Crippen molar-refractivity contribution < 1.29 is 18.7 Å². The highest BCUT2D eigenvalue weighted by Gasteiger charge is 2.34. The first-order chi connectivity index (χ1) is 12.1. The number of benzene rings is 1. The lowest BCUT2D eigenvalue weighted by molar-refractivity contribution is -0.138. The Bertz CT molecular complexity index is 647. The van der Waals surface area contributed by atoms with Crippen LogP contribution in [-0.2, 0) is 9.59 Å². The lowest BCUT2D eigenvalue weighted by atomic mass is 9.96. The van der Waals surface area contributed by atoms with Crippen molar-refractivity contribution in [3.8, 4) is 5.75 Å². The van der Waals surface area contributed by atoms with Gasteiger partial charge in [-0.15, -0.1) is 0 Å². The summed E-state index contributed by atoms with van der Waals surface area (Å²) in [6, 6.07) is 5.92. The van der Waals surface area contributed by atoms with Gasteiger partial charge in [0.15, 0.2) is 0 Å². The van der Waals surface area contributed by atoms with E-state index < -0.39 is 0 Å². The molecule has 1 aromatic rings. The summed E-state index contributed by atoms with van der Waals surface area (Å²) in [7, 11) is 0. The summed E-state index contributed by atoms with van der Waals surface area (Å²) in [5.41, 5.74) is 0. The number of rotatable bonds is 4. The van der Waals surface area contributed by atoms with Crippen LogP contribution in [0, 0.1) is 11.7 Å². The minimum atomic E-state index is -0.300. The molecule has 2 heterocycles. The van der Waals surface area contributed by atoms with Crippen LogP contribution in [0.25, 0.3) is 0 Å². The number of amides is 2. The van der Waals surface area contributed by atoms with Gasteiger partial charge in [-0.3, -0.25) is 9.59 Å². The minimum absolute atomic E-state index is 0.0797. The second-order valence-electron chi connectivity index (χ2n) is 6.59. The van der Waals surface area contributed by atoms with Crippen LogP contribution in [0.3, 0.4) is 0 Å². The summed E-state index contributed by atoms with van der Waals surface area (Å²) in [5.74, 6) is 0.137. The summed E-state index contributed by atoms with van der Waals surface area (Å²) in [6.45, 7) is 5.84. The van der Waals surface area contributed by atoms with Crippen molar-refractivity contribution >= 4 is 11.8 Å². The number of carbonyl (C=O) groups excluding carboxylic acids is 2. The molecule has 0 aromatic heterocycles. The zero-order chi connectivity index (χ0) is 17.8. The standard InChI is InChI=1S/C19H23FN2O3/c1-2-18(23)21-10-3-4-14(12-21)19(24)22-11-9-17(13-22)25-16-7-5-15(20)6-8-16/h2,5-8,14,17H,1,3-4,9-13H2. The van der Waals surface area contributed by atoms with E-state index in [0.717, 1.165) is 19.3 Å². The third kappa shape index (κ3) is 4.18. The number of hydrogen-bond donors (Lipinski definition) is 0. The van der Waals surface area contributed by atoms with Crippen LogP contribution in [0.15, 0.2) is 36.9 Å². The second kappa shape index (κ2) is 7.68. The van der Waals surface area contributed by atoms with Crippen molar-refractivity contribution in [2.24, 2.45) is 5.92 Å². The first-order valence-electron chi connectivity index (χ1n) is 8.69. The number of ether oxygens (including phenoxy) is 1. The van der Waals surface area contributed by atoms with Gasteiger partial charge in [0.05, 0.1) is 12.5 Å². The number of carbonyl (C=O) groups is 2. The summed E-state index contributed by atoms with van der Waals surface area (Å²) < 4.78 is 18.8. The lowest BCUT2D eigenvalue weighted by Gasteiger charge is -2.33. The molecule has 134 valence electrons. The zero-order valence-corrected chi connectivity index (χ0v) is 14.2. The number of piperidine rings is 1. The molecule has 25 heavy (non-hydrogen) atoms. The zero-order valence-electron chi connectivity index (χ0n) is 14.2. The van der Waals surface area contributed by atoms with E-state index in [-0.39, 0.29) is 29.7 Å². The average Bonchev–Trinajstić information content (AvgIpc) is 3.11. The van der Waals surface area contributed by atoms with E-state index >= 15 is 0 Å². The smallest absolute Gasteiger partial charge is 0.245 e. The maximum Gasteiger partial charge on any atom is 0.245 e. The lowest BCUT2D eigenvalue weighted by Crippen LogP contribution is -2.46. The normalized spacial score (nSPS) is 23.4. The summed E-state index contributed by atoms with van der Waals surface area (Å²) >= 11 is 0. The molecule has 0 spiro atoms. The number of likely N-dealkylation sites (tertiary alicyclic amines) is 2. The van der Waals surface area contributed by atoms with E-state index in [0.29, 0.717) is 31.9 Å². The molecule has 0 N–H and O–H groups in total. The average molecular weight is 346 g/mol. The predicted molar refractivity (Wildman–Crippen MR) is 91.5 cm³/mol. The fourth-order valence-electron chi connectivity index (χ4n) is 3.50. The highest BCUT2D eigenvalue weighted by atomic mass is 19.1. The Hall–Kier alpha value is -2.37. The largest absolute Gasteiger partial charge is 0.489 e. The molecular weight excluding hydrogens is 323 g/mol. The molecule has 6 heteroatoms. The van der Waals surface area contributed by atoms with Gasteiger partial charge in [-0.05, 0) is 43.2 Å². The Morgan fingerprint density at radius 2 is 1.88 bits per heavy atom. The van der Waals surface area contributed by atoms with Gasteiger partial charge < -0.3 is 14.5 Å². The Labute approximate surface area is 147 Å². The Morgan fingerprint density at radius 3 is 2.60 bits per heavy atom. The van der Waals surface area contributed by atoms with E-state index in [1.54, 1.807) is 17.0 Å². The SMILES string of the molecule is C=CC(=O)N1CCCC(C(=O)N2CCC(Oc3ccc(F)cc3)C2)C1. The van der Waals surface area contributed by atoms with Crippen LogP contribution in [0.1, 0.15) is 19.3 Å². The highest BCUT2D eigenvalue weighted by molar-refractivity contribution is 5.88. The molecule has 2 unspecified atom stereocenters. The van der Waals surface area contributed by atoms with Crippen LogP contribution < -0.4 is 4.74 Å². The molecule has 0 radical (unpaired) electrons. The molecule has 1 aromatic carbocycles. The van der Waals surface area contributed by atoms with E-state index in [9.17, 15) is 14.0 Å². The number of hydrogen-bond acceptors (Lipinski definition) is 3. The highest BCUT2D eigenvalue weighted by Crippen LogP contribution is 2.24. The molecule has 0 aliphatic carbocycles. The van der Waals surface area contributed by atoms with Crippen LogP contribution in [-0.4, -0.2) is 53.9 Å². The quantitative estimate of drug-likeness (QED) is 0.786. The maximum absolute atomic E-state index is 12.9. The molecule has 2 fully saturated rings. The molecule has 2 aliphatic rings.